The number of nitrogens with zero attached hydrogens (tertiary/aromatic N) is 1. The fraction of sp³-hybridized carbons (Fsp3) is 0.263. The monoisotopic (exact) mass is 357 g/mol. The molecule has 0 radical (unpaired) electrons. The van der Waals surface area contributed by atoms with Crippen molar-refractivity contribution in [3.05, 3.63) is 62.8 Å². The fourth-order valence-electron chi connectivity index (χ4n) is 2.84. The molecule has 0 amide bonds. The lowest BCUT2D eigenvalue weighted by atomic mass is 10.1. The molecule has 0 aliphatic carbocycles. The van der Waals surface area contributed by atoms with Crippen molar-refractivity contribution >= 4 is 27.5 Å². The van der Waals surface area contributed by atoms with Gasteiger partial charge < -0.3 is 9.84 Å². The van der Waals surface area contributed by atoms with E-state index in [-0.39, 0.29) is 17.9 Å². The molecule has 2 aromatic heterocycles. The number of hydrogen-bond donors (Lipinski definition) is 1. The number of hydrogen-bond acceptors (Lipinski definition) is 5. The maximum atomic E-state index is 12.9. The second-order valence-corrected chi connectivity index (χ2v) is 6.47. The van der Waals surface area contributed by atoms with Crippen LogP contribution in [0.15, 0.2) is 40.5 Å². The van der Waals surface area contributed by atoms with Crippen LogP contribution in [0.1, 0.15) is 35.3 Å². The summed E-state index contributed by atoms with van der Waals surface area (Å²) < 4.78 is 6.53. The van der Waals surface area contributed by atoms with Gasteiger partial charge in [0.05, 0.1) is 18.5 Å². The Morgan fingerprint density at radius 2 is 1.96 bits per heavy atom. The number of aryl methyl sites for hydroxylation is 1. The average Bonchev–Trinajstić information content (AvgIpc) is 3.04. The van der Waals surface area contributed by atoms with Gasteiger partial charge in [0, 0.05) is 0 Å². The largest absolute Gasteiger partial charge is 0.506 e. The fourth-order valence-corrected chi connectivity index (χ4v) is 4.00. The maximum Gasteiger partial charge on any atom is 0.347 e. The van der Waals surface area contributed by atoms with Crippen molar-refractivity contribution in [3.8, 4) is 5.75 Å². The molecule has 6 heteroatoms. The number of carbonyl (C=O) groups excluding carboxylic acids is 1. The third-order valence-electron chi connectivity index (χ3n) is 4.07. The number of aromatic hydroxyl groups is 1. The molecule has 0 aliphatic heterocycles. The molecule has 0 bridgehead atoms. The first-order valence-electron chi connectivity index (χ1n) is 8.15. The molecule has 3 aromatic rings. The van der Waals surface area contributed by atoms with E-state index < -0.39 is 11.5 Å². The van der Waals surface area contributed by atoms with Crippen LogP contribution >= 0.6 is 11.3 Å². The molecule has 1 aromatic carbocycles. The number of carbonyl (C=O) groups is 1. The summed E-state index contributed by atoms with van der Waals surface area (Å²) in [7, 11) is 0. The predicted molar refractivity (Wildman–Crippen MR) is 98.6 cm³/mol. The lowest BCUT2D eigenvalue weighted by molar-refractivity contribution is 0.0520. The Bertz CT molecular complexity index is 972. The number of thiophene rings is 1. The normalized spacial score (nSPS) is 11.0. The van der Waals surface area contributed by atoms with E-state index in [1.807, 2.05) is 42.6 Å². The highest BCUT2D eigenvalue weighted by atomic mass is 32.1. The van der Waals surface area contributed by atoms with Gasteiger partial charge >= 0.3 is 5.97 Å². The van der Waals surface area contributed by atoms with Gasteiger partial charge in [-0.2, -0.15) is 0 Å². The maximum absolute atomic E-state index is 12.9. The number of ether oxygens (including phenoxy) is 1. The predicted octanol–water partition coefficient (Wildman–Crippen LogP) is 3.56. The van der Waals surface area contributed by atoms with Gasteiger partial charge in [-0.05, 0) is 29.9 Å². The number of fused-ring (bicyclic) bond motifs is 1. The van der Waals surface area contributed by atoms with Crippen molar-refractivity contribution in [1.82, 2.24) is 4.57 Å². The molecule has 0 saturated heterocycles. The van der Waals surface area contributed by atoms with Crippen LogP contribution in [0.5, 0.6) is 5.75 Å². The minimum Gasteiger partial charge on any atom is -0.506 e. The zero-order valence-corrected chi connectivity index (χ0v) is 14.9. The Morgan fingerprint density at radius 1 is 1.24 bits per heavy atom. The number of esters is 1. The molecule has 3 rings (SSSR count). The van der Waals surface area contributed by atoms with Gasteiger partial charge in [0.2, 0.25) is 0 Å². The van der Waals surface area contributed by atoms with Gasteiger partial charge in [-0.1, -0.05) is 37.3 Å². The minimum atomic E-state index is -0.790. The summed E-state index contributed by atoms with van der Waals surface area (Å²) in [4.78, 5) is 25.9. The molecule has 130 valence electrons. The van der Waals surface area contributed by atoms with Crippen LogP contribution < -0.4 is 5.56 Å². The summed E-state index contributed by atoms with van der Waals surface area (Å²) in [6.07, 6.45) is 0.694. The Balaban J connectivity index is 2.29. The quantitative estimate of drug-likeness (QED) is 0.709. The molecule has 0 saturated carbocycles. The molecule has 5 nitrogen and oxygen atoms in total. The summed E-state index contributed by atoms with van der Waals surface area (Å²) in [6, 6.07) is 9.54. The molecule has 1 N–H and O–H groups in total. The summed E-state index contributed by atoms with van der Waals surface area (Å²) in [5.74, 6) is -1.07. The van der Waals surface area contributed by atoms with Gasteiger partial charge in [-0.3, -0.25) is 9.36 Å². The molecule has 2 heterocycles. The first-order valence-corrected chi connectivity index (χ1v) is 9.03. The van der Waals surface area contributed by atoms with Gasteiger partial charge in [-0.15, -0.1) is 11.3 Å². The molecule has 0 fully saturated rings. The molecule has 0 unspecified atom stereocenters. The van der Waals surface area contributed by atoms with Crippen LogP contribution in [0, 0.1) is 0 Å². The van der Waals surface area contributed by atoms with Crippen LogP contribution in [0.2, 0.25) is 0 Å². The van der Waals surface area contributed by atoms with Gasteiger partial charge in [0.15, 0.2) is 5.56 Å². The third kappa shape index (κ3) is 3.05. The van der Waals surface area contributed by atoms with Crippen molar-refractivity contribution in [2.45, 2.75) is 26.8 Å². The third-order valence-corrected chi connectivity index (χ3v) is 5.12. The summed E-state index contributed by atoms with van der Waals surface area (Å²) in [5.41, 5.74) is 1.03. The molecular weight excluding hydrogens is 338 g/mol. The van der Waals surface area contributed by atoms with Crippen LogP contribution in [-0.2, 0) is 17.7 Å². The van der Waals surface area contributed by atoms with Crippen LogP contribution in [0.3, 0.4) is 0 Å². The molecule has 0 atom stereocenters. The highest BCUT2D eigenvalue weighted by Crippen LogP contribution is 2.35. The molecular formula is C19H19NO4S. The van der Waals surface area contributed by atoms with E-state index in [1.165, 1.54) is 11.3 Å². The minimum absolute atomic E-state index is 0.138. The Hall–Kier alpha value is -2.60. The Morgan fingerprint density at radius 3 is 2.60 bits per heavy atom. The van der Waals surface area contributed by atoms with Crippen molar-refractivity contribution in [3.63, 3.8) is 0 Å². The van der Waals surface area contributed by atoms with Crippen molar-refractivity contribution in [1.29, 1.82) is 0 Å². The van der Waals surface area contributed by atoms with Crippen LogP contribution in [-0.4, -0.2) is 22.2 Å². The van der Waals surface area contributed by atoms with E-state index >= 15 is 0 Å². The number of rotatable bonds is 5. The lowest BCUT2D eigenvalue weighted by Gasteiger charge is -2.13. The molecule has 0 spiro atoms. The summed E-state index contributed by atoms with van der Waals surface area (Å²) in [6.45, 7) is 4.10. The van der Waals surface area contributed by atoms with Crippen molar-refractivity contribution in [2.24, 2.45) is 0 Å². The van der Waals surface area contributed by atoms with Crippen molar-refractivity contribution < 1.29 is 14.6 Å². The van der Waals surface area contributed by atoms with Gasteiger partial charge in [0.25, 0.3) is 5.56 Å². The topological polar surface area (TPSA) is 68.5 Å². The first kappa shape index (κ1) is 17.2. The van der Waals surface area contributed by atoms with Crippen LogP contribution in [0.4, 0.5) is 0 Å². The summed E-state index contributed by atoms with van der Waals surface area (Å²) >= 11 is 1.40. The summed E-state index contributed by atoms with van der Waals surface area (Å²) in [5, 5.41) is 13.1. The Kier molecular flexibility index (Phi) is 4.90. The van der Waals surface area contributed by atoms with E-state index in [9.17, 15) is 14.7 Å². The average molecular weight is 357 g/mol. The second-order valence-electron chi connectivity index (χ2n) is 5.62. The van der Waals surface area contributed by atoms with E-state index in [1.54, 1.807) is 11.5 Å². The smallest absolute Gasteiger partial charge is 0.347 e. The second kappa shape index (κ2) is 7.11. The van der Waals surface area contributed by atoms with E-state index in [0.29, 0.717) is 23.2 Å². The lowest BCUT2D eigenvalue weighted by Crippen LogP contribution is -2.28. The highest BCUT2D eigenvalue weighted by Gasteiger charge is 2.25. The SMILES string of the molecule is CCOC(=O)c1c(O)c2c(CC)csc2n(Cc2ccccc2)c1=O. The van der Waals surface area contributed by atoms with Gasteiger partial charge in [-0.25, -0.2) is 4.79 Å². The number of benzene rings is 1. The van der Waals surface area contributed by atoms with Crippen molar-refractivity contribution in [2.75, 3.05) is 6.61 Å². The number of aromatic nitrogens is 1. The molecule has 0 aliphatic rings. The molecule has 25 heavy (non-hydrogen) atoms. The number of pyridine rings is 1. The van der Waals surface area contributed by atoms with E-state index in [4.69, 9.17) is 4.74 Å². The van der Waals surface area contributed by atoms with E-state index in [2.05, 4.69) is 0 Å². The standard InChI is InChI=1S/C19H19NO4S/c1-3-13-11-25-18-14(13)16(21)15(19(23)24-4-2)17(22)20(18)10-12-8-6-5-7-9-12/h5-9,11,21H,3-4,10H2,1-2H3. The Labute approximate surface area is 149 Å². The zero-order chi connectivity index (χ0) is 18.0. The highest BCUT2D eigenvalue weighted by molar-refractivity contribution is 7.17. The zero-order valence-electron chi connectivity index (χ0n) is 14.1. The first-order chi connectivity index (χ1) is 12.1. The van der Waals surface area contributed by atoms with E-state index in [0.717, 1.165) is 11.1 Å². The van der Waals surface area contributed by atoms with Crippen LogP contribution in [0.25, 0.3) is 10.2 Å². The van der Waals surface area contributed by atoms with Gasteiger partial charge in [0.1, 0.15) is 10.6 Å².